The van der Waals surface area contributed by atoms with Crippen LogP contribution in [0.15, 0.2) is 11.6 Å². The van der Waals surface area contributed by atoms with Gasteiger partial charge in [-0.1, -0.05) is 26.7 Å². The Hall–Kier alpha value is -1.44. The third-order valence-electron chi connectivity index (χ3n) is 9.81. The number of carbonyl (C=O) groups excluding carboxylic acids is 2. The Bertz CT molecular complexity index is 802. The number of carbonyl (C=O) groups is 2. The molecule has 0 saturated heterocycles. The molecule has 1 heterocycles. The van der Waals surface area contributed by atoms with Gasteiger partial charge >= 0.3 is 11.9 Å². The monoisotopic (exact) mass is 464 g/mol. The van der Waals surface area contributed by atoms with E-state index in [-0.39, 0.29) is 42.4 Å². The van der Waals surface area contributed by atoms with Crippen molar-refractivity contribution in [3.63, 3.8) is 0 Å². The molecular formula is C26H40O7. The summed E-state index contributed by atoms with van der Waals surface area (Å²) in [6.45, 7) is 5.39. The molecule has 7 atom stereocenters. The second-order valence-electron chi connectivity index (χ2n) is 11.3. The molecule has 33 heavy (non-hydrogen) atoms. The van der Waals surface area contributed by atoms with Gasteiger partial charge in [0.05, 0.1) is 23.7 Å². The zero-order valence-electron chi connectivity index (χ0n) is 20.2. The Morgan fingerprint density at radius 2 is 1.97 bits per heavy atom. The minimum atomic E-state index is -1.38. The summed E-state index contributed by atoms with van der Waals surface area (Å²) in [5.41, 5.74) is -2.05. The molecule has 0 spiro atoms. The highest BCUT2D eigenvalue weighted by atomic mass is 16.5. The maximum absolute atomic E-state index is 12.4. The molecule has 7 nitrogen and oxygen atoms in total. The lowest BCUT2D eigenvalue weighted by Gasteiger charge is -2.68. The van der Waals surface area contributed by atoms with Gasteiger partial charge in [-0.15, -0.1) is 0 Å². The summed E-state index contributed by atoms with van der Waals surface area (Å²) >= 11 is 0. The summed E-state index contributed by atoms with van der Waals surface area (Å²) in [4.78, 5) is 23.7. The maximum atomic E-state index is 12.4. The fourth-order valence-corrected chi connectivity index (χ4v) is 8.21. The fraction of sp³-hybridized carbons (Fsp3) is 0.846. The molecule has 3 aliphatic carbocycles. The number of fused-ring (bicyclic) bond motifs is 1. The largest absolute Gasteiger partial charge is 0.462 e. The van der Waals surface area contributed by atoms with E-state index in [1.807, 2.05) is 6.92 Å². The minimum Gasteiger partial charge on any atom is -0.462 e. The topological polar surface area (TPSA) is 113 Å². The van der Waals surface area contributed by atoms with E-state index in [1.165, 1.54) is 13.0 Å². The quantitative estimate of drug-likeness (QED) is 0.518. The number of aliphatic hydroxyl groups excluding tert-OH is 2. The highest BCUT2D eigenvalue weighted by molar-refractivity contribution is 5.85. The molecule has 0 aromatic rings. The average molecular weight is 465 g/mol. The highest BCUT2D eigenvalue weighted by Gasteiger charge is 2.72. The van der Waals surface area contributed by atoms with E-state index in [0.29, 0.717) is 31.6 Å². The Morgan fingerprint density at radius 3 is 2.55 bits per heavy atom. The van der Waals surface area contributed by atoms with Crippen LogP contribution in [0.3, 0.4) is 0 Å². The van der Waals surface area contributed by atoms with Gasteiger partial charge in [0.15, 0.2) is 0 Å². The molecule has 0 aromatic heterocycles. The van der Waals surface area contributed by atoms with Gasteiger partial charge in [-0.25, -0.2) is 4.79 Å². The van der Waals surface area contributed by atoms with Gasteiger partial charge in [0.25, 0.3) is 0 Å². The molecule has 4 aliphatic rings. The molecule has 0 aromatic carbocycles. The number of aliphatic hydroxyl groups is 3. The summed E-state index contributed by atoms with van der Waals surface area (Å²) in [6.07, 6.45) is 7.07. The summed E-state index contributed by atoms with van der Waals surface area (Å²) < 4.78 is 10.9. The zero-order valence-corrected chi connectivity index (χ0v) is 20.2. The maximum Gasteiger partial charge on any atom is 0.331 e. The first kappa shape index (κ1) is 24.7. The van der Waals surface area contributed by atoms with Crippen molar-refractivity contribution in [1.29, 1.82) is 0 Å². The van der Waals surface area contributed by atoms with Crippen LogP contribution in [0.4, 0.5) is 0 Å². The van der Waals surface area contributed by atoms with E-state index in [0.717, 1.165) is 37.7 Å². The Morgan fingerprint density at radius 1 is 1.27 bits per heavy atom. The van der Waals surface area contributed by atoms with Crippen LogP contribution in [-0.4, -0.2) is 58.3 Å². The molecule has 0 amide bonds. The fourth-order valence-electron chi connectivity index (χ4n) is 8.21. The van der Waals surface area contributed by atoms with Crippen molar-refractivity contribution in [2.24, 2.45) is 28.6 Å². The second-order valence-corrected chi connectivity index (χ2v) is 11.3. The van der Waals surface area contributed by atoms with Crippen molar-refractivity contribution >= 4 is 11.9 Å². The van der Waals surface area contributed by atoms with Crippen LogP contribution in [0, 0.1) is 28.6 Å². The van der Waals surface area contributed by atoms with Crippen LogP contribution in [0.1, 0.15) is 78.6 Å². The zero-order chi connectivity index (χ0) is 24.0. The van der Waals surface area contributed by atoms with Gasteiger partial charge < -0.3 is 24.8 Å². The third-order valence-corrected chi connectivity index (χ3v) is 9.81. The van der Waals surface area contributed by atoms with Crippen LogP contribution >= 0.6 is 0 Å². The van der Waals surface area contributed by atoms with Crippen molar-refractivity contribution in [2.75, 3.05) is 13.2 Å². The lowest BCUT2D eigenvalue weighted by Crippen LogP contribution is -2.74. The predicted molar refractivity (Wildman–Crippen MR) is 121 cm³/mol. The molecule has 1 aliphatic heterocycles. The summed E-state index contributed by atoms with van der Waals surface area (Å²) in [7, 11) is 0. The normalized spacial score (nSPS) is 43.7. The van der Waals surface area contributed by atoms with Crippen molar-refractivity contribution in [3.8, 4) is 0 Å². The van der Waals surface area contributed by atoms with Crippen molar-refractivity contribution < 1.29 is 34.4 Å². The van der Waals surface area contributed by atoms with Gasteiger partial charge in [0, 0.05) is 18.9 Å². The minimum absolute atomic E-state index is 0.220. The van der Waals surface area contributed by atoms with Gasteiger partial charge in [0.2, 0.25) is 0 Å². The van der Waals surface area contributed by atoms with Crippen molar-refractivity contribution in [2.45, 2.75) is 96.4 Å². The Balaban J connectivity index is 1.79. The van der Waals surface area contributed by atoms with Crippen LogP contribution in [0.5, 0.6) is 0 Å². The van der Waals surface area contributed by atoms with Gasteiger partial charge in [-0.2, -0.15) is 0 Å². The summed E-state index contributed by atoms with van der Waals surface area (Å²) in [5.74, 6) is -1.01. The van der Waals surface area contributed by atoms with E-state index in [9.17, 15) is 24.9 Å². The SMILES string of the molecule is CC(=O)OC1CC(C)C(O)(CCC2=CC(=O)OC2)C2(CO)C(O)CCC(C)(C3CCCC3)C12. The molecule has 3 saturated carbocycles. The average Bonchev–Trinajstić information content (AvgIpc) is 3.44. The number of esters is 2. The molecule has 3 N–H and O–H groups in total. The molecule has 7 heteroatoms. The first-order valence-corrected chi connectivity index (χ1v) is 12.6. The van der Waals surface area contributed by atoms with Crippen LogP contribution in [-0.2, 0) is 19.1 Å². The van der Waals surface area contributed by atoms with E-state index < -0.39 is 23.2 Å². The first-order valence-electron chi connectivity index (χ1n) is 12.6. The number of ether oxygens (including phenoxy) is 2. The van der Waals surface area contributed by atoms with Crippen LogP contribution in [0.25, 0.3) is 0 Å². The van der Waals surface area contributed by atoms with E-state index in [2.05, 4.69) is 6.92 Å². The molecule has 3 fully saturated rings. The lowest BCUT2D eigenvalue weighted by molar-refractivity contribution is -0.306. The van der Waals surface area contributed by atoms with Crippen molar-refractivity contribution in [3.05, 3.63) is 11.6 Å². The molecule has 4 rings (SSSR count). The number of hydrogen-bond acceptors (Lipinski definition) is 7. The van der Waals surface area contributed by atoms with Crippen molar-refractivity contribution in [1.82, 2.24) is 0 Å². The smallest absolute Gasteiger partial charge is 0.331 e. The van der Waals surface area contributed by atoms with E-state index in [4.69, 9.17) is 9.47 Å². The third kappa shape index (κ3) is 3.84. The molecule has 0 bridgehead atoms. The number of cyclic esters (lactones) is 1. The molecule has 7 unspecified atom stereocenters. The highest BCUT2D eigenvalue weighted by Crippen LogP contribution is 2.67. The Kier molecular flexibility index (Phi) is 6.71. The first-order chi connectivity index (χ1) is 15.6. The molecular weight excluding hydrogens is 424 g/mol. The van der Waals surface area contributed by atoms with E-state index in [1.54, 1.807) is 0 Å². The van der Waals surface area contributed by atoms with E-state index >= 15 is 0 Å². The second kappa shape index (κ2) is 8.97. The van der Waals surface area contributed by atoms with Gasteiger partial charge in [0.1, 0.15) is 12.7 Å². The molecule has 0 radical (unpaired) electrons. The lowest BCUT2D eigenvalue weighted by atomic mass is 9.39. The summed E-state index contributed by atoms with van der Waals surface area (Å²) in [5, 5.41) is 34.9. The summed E-state index contributed by atoms with van der Waals surface area (Å²) in [6, 6.07) is 0. The standard InChI is InChI=1S/C26H40O7/c1-16-12-20(33-17(2)28)23-24(3,19-6-4-5-7-19)10-9-21(29)25(23,15-27)26(16,31)11-8-18-13-22(30)32-14-18/h13,16,19-21,23,27,29,31H,4-12,14-15H2,1-3H3. The van der Waals surface area contributed by atoms with Crippen LogP contribution in [0.2, 0.25) is 0 Å². The van der Waals surface area contributed by atoms with Crippen LogP contribution < -0.4 is 0 Å². The molecule has 186 valence electrons. The number of rotatable bonds is 6. The number of hydrogen-bond donors (Lipinski definition) is 3. The van der Waals surface area contributed by atoms with Gasteiger partial charge in [-0.05, 0) is 67.8 Å². The van der Waals surface area contributed by atoms with Gasteiger partial charge in [-0.3, -0.25) is 4.79 Å². The Labute approximate surface area is 196 Å². The predicted octanol–water partition coefficient (Wildman–Crippen LogP) is 2.90.